The average Bonchev–Trinajstić information content (AvgIpc) is 2.36. The first-order valence-corrected chi connectivity index (χ1v) is 8.12. The monoisotopic (exact) mass is 368 g/mol. The minimum absolute atomic E-state index is 0.0605. The Bertz CT molecular complexity index is 537. The van der Waals surface area contributed by atoms with Gasteiger partial charge in [-0.2, -0.15) is 0 Å². The maximum absolute atomic E-state index is 12.0. The van der Waals surface area contributed by atoms with Crippen LogP contribution >= 0.6 is 27.5 Å². The molecular formula is C11H14BrClN2O3S. The molecule has 0 saturated carbocycles. The van der Waals surface area contributed by atoms with E-state index in [9.17, 15) is 8.42 Å². The number of rotatable bonds is 8. The molecule has 0 unspecified atom stereocenters. The van der Waals surface area contributed by atoms with Crippen molar-refractivity contribution in [1.29, 1.82) is 0 Å². The lowest BCUT2D eigenvalue weighted by atomic mass is 10.5. The standard InChI is InChI=1S/C11H14BrClN2O3S/c1-2-3-5-18-6-4-15-19(16,17)10-7-9(12)8-14-11(10)13/h2,7-8,15H,1,3-6H2. The molecule has 1 heterocycles. The molecule has 0 amide bonds. The van der Waals surface area contributed by atoms with Crippen LogP contribution in [-0.4, -0.2) is 33.2 Å². The molecule has 0 fully saturated rings. The Balaban J connectivity index is 2.56. The van der Waals surface area contributed by atoms with Crippen molar-refractivity contribution in [3.63, 3.8) is 0 Å². The summed E-state index contributed by atoms with van der Waals surface area (Å²) < 4.78 is 32.1. The van der Waals surface area contributed by atoms with Gasteiger partial charge in [-0.15, -0.1) is 6.58 Å². The van der Waals surface area contributed by atoms with E-state index < -0.39 is 10.0 Å². The minimum Gasteiger partial charge on any atom is -0.380 e. The number of aromatic nitrogens is 1. The Morgan fingerprint density at radius 3 is 2.95 bits per heavy atom. The summed E-state index contributed by atoms with van der Waals surface area (Å²) in [5.41, 5.74) is 0. The smallest absolute Gasteiger partial charge is 0.243 e. The Kier molecular flexibility index (Phi) is 6.95. The molecule has 0 aromatic carbocycles. The Morgan fingerprint density at radius 2 is 2.26 bits per heavy atom. The van der Waals surface area contributed by atoms with Crippen LogP contribution in [0.1, 0.15) is 6.42 Å². The second kappa shape index (κ2) is 7.96. The van der Waals surface area contributed by atoms with Gasteiger partial charge in [-0.1, -0.05) is 17.7 Å². The molecule has 1 rings (SSSR count). The molecule has 0 aliphatic carbocycles. The average molecular weight is 370 g/mol. The summed E-state index contributed by atoms with van der Waals surface area (Å²) in [5, 5.41) is -0.0664. The number of sulfonamides is 1. The second-order valence-electron chi connectivity index (χ2n) is 3.53. The van der Waals surface area contributed by atoms with Crippen LogP contribution in [0.25, 0.3) is 0 Å². The molecule has 0 radical (unpaired) electrons. The van der Waals surface area contributed by atoms with E-state index in [2.05, 4.69) is 32.2 Å². The quantitative estimate of drug-likeness (QED) is 0.434. The van der Waals surface area contributed by atoms with Crippen molar-refractivity contribution < 1.29 is 13.2 Å². The molecule has 5 nitrogen and oxygen atoms in total. The van der Waals surface area contributed by atoms with E-state index in [0.29, 0.717) is 11.1 Å². The highest BCUT2D eigenvalue weighted by molar-refractivity contribution is 9.10. The van der Waals surface area contributed by atoms with Gasteiger partial charge in [-0.3, -0.25) is 0 Å². The zero-order valence-electron chi connectivity index (χ0n) is 10.1. The molecule has 1 aromatic rings. The maximum atomic E-state index is 12.0. The zero-order valence-corrected chi connectivity index (χ0v) is 13.3. The van der Waals surface area contributed by atoms with E-state index in [0.717, 1.165) is 6.42 Å². The van der Waals surface area contributed by atoms with Crippen LogP contribution in [0.3, 0.4) is 0 Å². The molecule has 19 heavy (non-hydrogen) atoms. The van der Waals surface area contributed by atoms with Crippen LogP contribution in [0.15, 0.2) is 34.3 Å². The first-order valence-electron chi connectivity index (χ1n) is 5.46. The van der Waals surface area contributed by atoms with E-state index in [1.165, 1.54) is 12.3 Å². The summed E-state index contributed by atoms with van der Waals surface area (Å²) in [4.78, 5) is 3.71. The van der Waals surface area contributed by atoms with Crippen molar-refractivity contribution in [2.75, 3.05) is 19.8 Å². The zero-order chi connectivity index (χ0) is 14.3. The Labute approximate surface area is 126 Å². The molecular weight excluding hydrogens is 356 g/mol. The molecule has 106 valence electrons. The number of nitrogens with zero attached hydrogens (tertiary/aromatic N) is 1. The maximum Gasteiger partial charge on any atom is 0.243 e. The van der Waals surface area contributed by atoms with Crippen LogP contribution in [0.2, 0.25) is 5.15 Å². The van der Waals surface area contributed by atoms with E-state index in [1.54, 1.807) is 6.08 Å². The van der Waals surface area contributed by atoms with Gasteiger partial charge in [0.25, 0.3) is 0 Å². The highest BCUT2D eigenvalue weighted by atomic mass is 79.9. The van der Waals surface area contributed by atoms with E-state index in [1.807, 2.05) is 0 Å². The van der Waals surface area contributed by atoms with Crippen LogP contribution in [0.4, 0.5) is 0 Å². The molecule has 0 atom stereocenters. The molecule has 1 N–H and O–H groups in total. The van der Waals surface area contributed by atoms with Gasteiger partial charge in [-0.25, -0.2) is 18.1 Å². The lowest BCUT2D eigenvalue weighted by Gasteiger charge is -2.08. The molecule has 0 aliphatic heterocycles. The fourth-order valence-corrected chi connectivity index (χ4v) is 3.14. The van der Waals surface area contributed by atoms with Crippen LogP contribution in [-0.2, 0) is 14.8 Å². The topological polar surface area (TPSA) is 68.3 Å². The number of pyridine rings is 1. The molecule has 0 spiro atoms. The van der Waals surface area contributed by atoms with E-state index in [-0.39, 0.29) is 23.2 Å². The number of hydrogen-bond donors (Lipinski definition) is 1. The van der Waals surface area contributed by atoms with Gasteiger partial charge in [0.05, 0.1) is 13.2 Å². The third-order valence-corrected chi connectivity index (χ3v) is 4.39. The van der Waals surface area contributed by atoms with Gasteiger partial charge in [-0.05, 0) is 28.4 Å². The Hall–Kier alpha value is -0.470. The van der Waals surface area contributed by atoms with Crippen LogP contribution < -0.4 is 4.72 Å². The van der Waals surface area contributed by atoms with Gasteiger partial charge in [0, 0.05) is 17.2 Å². The third-order valence-electron chi connectivity index (χ3n) is 2.07. The van der Waals surface area contributed by atoms with Crippen LogP contribution in [0, 0.1) is 0 Å². The fraction of sp³-hybridized carbons (Fsp3) is 0.364. The van der Waals surface area contributed by atoms with Gasteiger partial charge in [0.15, 0.2) is 0 Å². The SMILES string of the molecule is C=CCCOCCNS(=O)(=O)c1cc(Br)cnc1Cl. The molecule has 0 saturated heterocycles. The summed E-state index contributed by atoms with van der Waals surface area (Å²) >= 11 is 8.92. The highest BCUT2D eigenvalue weighted by Gasteiger charge is 2.18. The van der Waals surface area contributed by atoms with Crippen molar-refractivity contribution in [3.05, 3.63) is 34.5 Å². The predicted molar refractivity (Wildman–Crippen MR) is 77.8 cm³/mol. The largest absolute Gasteiger partial charge is 0.380 e. The van der Waals surface area contributed by atoms with Gasteiger partial charge in [0.2, 0.25) is 10.0 Å². The van der Waals surface area contributed by atoms with E-state index >= 15 is 0 Å². The molecule has 1 aromatic heterocycles. The first-order chi connectivity index (χ1) is 8.97. The van der Waals surface area contributed by atoms with Crippen molar-refractivity contribution in [3.8, 4) is 0 Å². The van der Waals surface area contributed by atoms with Crippen molar-refractivity contribution in [1.82, 2.24) is 9.71 Å². The van der Waals surface area contributed by atoms with E-state index in [4.69, 9.17) is 16.3 Å². The lowest BCUT2D eigenvalue weighted by molar-refractivity contribution is 0.144. The minimum atomic E-state index is -3.68. The molecule has 0 aliphatic rings. The van der Waals surface area contributed by atoms with Crippen molar-refractivity contribution in [2.45, 2.75) is 11.3 Å². The highest BCUT2D eigenvalue weighted by Crippen LogP contribution is 2.22. The Morgan fingerprint density at radius 1 is 1.53 bits per heavy atom. The number of ether oxygens (including phenoxy) is 1. The first kappa shape index (κ1) is 16.6. The summed E-state index contributed by atoms with van der Waals surface area (Å²) in [5.74, 6) is 0. The van der Waals surface area contributed by atoms with Crippen molar-refractivity contribution >= 4 is 37.6 Å². The normalized spacial score (nSPS) is 11.5. The summed E-state index contributed by atoms with van der Waals surface area (Å²) in [6.45, 7) is 4.53. The molecule has 0 bridgehead atoms. The third kappa shape index (κ3) is 5.58. The predicted octanol–water partition coefficient (Wildman–Crippen LogP) is 2.37. The van der Waals surface area contributed by atoms with Gasteiger partial charge >= 0.3 is 0 Å². The summed E-state index contributed by atoms with van der Waals surface area (Å²) in [6.07, 6.45) is 3.89. The molecule has 8 heteroatoms. The fourth-order valence-electron chi connectivity index (χ4n) is 1.19. The van der Waals surface area contributed by atoms with Crippen molar-refractivity contribution in [2.24, 2.45) is 0 Å². The van der Waals surface area contributed by atoms with Gasteiger partial charge in [0.1, 0.15) is 10.0 Å². The summed E-state index contributed by atoms with van der Waals surface area (Å²) in [6, 6.07) is 1.40. The number of nitrogens with one attached hydrogen (secondary N) is 1. The summed E-state index contributed by atoms with van der Waals surface area (Å²) in [7, 11) is -3.68. The number of hydrogen-bond acceptors (Lipinski definition) is 4. The van der Waals surface area contributed by atoms with Crippen LogP contribution in [0.5, 0.6) is 0 Å². The second-order valence-corrected chi connectivity index (χ2v) is 6.54. The number of halogens is 2. The lowest BCUT2D eigenvalue weighted by Crippen LogP contribution is -2.28. The van der Waals surface area contributed by atoms with Gasteiger partial charge < -0.3 is 4.74 Å².